The zero-order valence-corrected chi connectivity index (χ0v) is 13.5. The van der Waals surface area contributed by atoms with Gasteiger partial charge in [0.1, 0.15) is 17.7 Å². The van der Waals surface area contributed by atoms with Crippen LogP contribution in [0.5, 0.6) is 11.5 Å². The molecule has 1 atom stereocenters. The van der Waals surface area contributed by atoms with Gasteiger partial charge in [-0.1, -0.05) is 38.1 Å². The molecular weight excluding hydrogens is 290 g/mol. The van der Waals surface area contributed by atoms with Crippen molar-refractivity contribution in [1.82, 2.24) is 4.90 Å². The predicted octanol–water partition coefficient (Wildman–Crippen LogP) is 3.27. The SMILES string of the molecule is CC(C)c1cc(C(O)N2CCc3ccccc3C2)c(O)cc1O. The lowest BCUT2D eigenvalue weighted by Gasteiger charge is -2.33. The van der Waals surface area contributed by atoms with Gasteiger partial charge in [-0.25, -0.2) is 0 Å². The van der Waals surface area contributed by atoms with Gasteiger partial charge in [0, 0.05) is 24.7 Å². The van der Waals surface area contributed by atoms with Crippen molar-refractivity contribution in [3.8, 4) is 11.5 Å². The number of benzene rings is 2. The van der Waals surface area contributed by atoms with Gasteiger partial charge in [-0.3, -0.25) is 4.90 Å². The molecule has 0 saturated carbocycles. The van der Waals surface area contributed by atoms with E-state index >= 15 is 0 Å². The summed E-state index contributed by atoms with van der Waals surface area (Å²) in [5.74, 6) is 0.110. The number of aromatic hydroxyl groups is 2. The van der Waals surface area contributed by atoms with Crippen molar-refractivity contribution in [2.24, 2.45) is 0 Å². The Kier molecular flexibility index (Phi) is 4.28. The van der Waals surface area contributed by atoms with E-state index in [4.69, 9.17) is 0 Å². The minimum Gasteiger partial charge on any atom is -0.508 e. The van der Waals surface area contributed by atoms with Crippen LogP contribution in [0.3, 0.4) is 0 Å². The molecule has 2 aromatic carbocycles. The number of phenols is 2. The molecule has 1 aliphatic rings. The standard InChI is InChI=1S/C19H23NO3/c1-12(2)15-9-16(18(22)10-17(15)21)19(23)20-8-7-13-5-3-4-6-14(13)11-20/h3-6,9-10,12,19,21-23H,7-8,11H2,1-2H3. The molecule has 1 aliphatic heterocycles. The second-order valence-electron chi connectivity index (χ2n) is 6.49. The maximum absolute atomic E-state index is 10.7. The summed E-state index contributed by atoms with van der Waals surface area (Å²) < 4.78 is 0. The average Bonchev–Trinajstić information content (AvgIpc) is 2.53. The van der Waals surface area contributed by atoms with Gasteiger partial charge in [0.05, 0.1) is 0 Å². The highest BCUT2D eigenvalue weighted by Gasteiger charge is 2.26. The molecule has 4 nitrogen and oxygen atoms in total. The maximum atomic E-state index is 10.7. The monoisotopic (exact) mass is 313 g/mol. The topological polar surface area (TPSA) is 63.9 Å². The minimum absolute atomic E-state index is 0.0671. The number of hydrogen-bond acceptors (Lipinski definition) is 4. The van der Waals surface area contributed by atoms with Crippen LogP contribution in [0.1, 0.15) is 48.2 Å². The smallest absolute Gasteiger partial charge is 0.137 e. The maximum Gasteiger partial charge on any atom is 0.137 e. The molecule has 4 heteroatoms. The van der Waals surface area contributed by atoms with E-state index in [1.165, 1.54) is 17.2 Å². The number of fused-ring (bicyclic) bond motifs is 1. The molecule has 0 aromatic heterocycles. The Morgan fingerprint density at radius 3 is 2.30 bits per heavy atom. The number of rotatable bonds is 3. The molecule has 0 amide bonds. The number of aliphatic hydroxyl groups excluding tert-OH is 1. The first-order chi connectivity index (χ1) is 11.0. The fraction of sp³-hybridized carbons (Fsp3) is 0.368. The summed E-state index contributed by atoms with van der Waals surface area (Å²) >= 11 is 0. The largest absolute Gasteiger partial charge is 0.508 e. The second kappa shape index (κ2) is 6.22. The number of aliphatic hydroxyl groups is 1. The Hall–Kier alpha value is -2.04. The fourth-order valence-corrected chi connectivity index (χ4v) is 3.20. The van der Waals surface area contributed by atoms with Crippen molar-refractivity contribution < 1.29 is 15.3 Å². The van der Waals surface area contributed by atoms with Gasteiger partial charge in [-0.2, -0.15) is 0 Å². The summed E-state index contributed by atoms with van der Waals surface area (Å²) in [5, 5.41) is 30.8. The van der Waals surface area contributed by atoms with E-state index in [1.54, 1.807) is 6.07 Å². The van der Waals surface area contributed by atoms with Crippen LogP contribution in [0.25, 0.3) is 0 Å². The highest BCUT2D eigenvalue weighted by Crippen LogP contribution is 2.37. The van der Waals surface area contributed by atoms with Crippen molar-refractivity contribution >= 4 is 0 Å². The van der Waals surface area contributed by atoms with Crippen LogP contribution in [0.2, 0.25) is 0 Å². The van der Waals surface area contributed by atoms with E-state index in [2.05, 4.69) is 12.1 Å². The zero-order chi connectivity index (χ0) is 16.6. The van der Waals surface area contributed by atoms with Crippen LogP contribution in [0.15, 0.2) is 36.4 Å². The lowest BCUT2D eigenvalue weighted by Crippen LogP contribution is -2.34. The van der Waals surface area contributed by atoms with Crippen LogP contribution in [-0.2, 0) is 13.0 Å². The van der Waals surface area contributed by atoms with Gasteiger partial charge in [0.15, 0.2) is 0 Å². The predicted molar refractivity (Wildman–Crippen MR) is 89.4 cm³/mol. The first kappa shape index (κ1) is 15.8. The third kappa shape index (κ3) is 3.05. The first-order valence-electron chi connectivity index (χ1n) is 8.02. The summed E-state index contributed by atoms with van der Waals surface area (Å²) in [6.07, 6.45) is -0.00945. The molecule has 3 rings (SSSR count). The summed E-state index contributed by atoms with van der Waals surface area (Å²) in [6.45, 7) is 5.32. The highest BCUT2D eigenvalue weighted by atomic mass is 16.3. The van der Waals surface area contributed by atoms with E-state index in [-0.39, 0.29) is 17.4 Å². The number of nitrogens with zero attached hydrogens (tertiary/aromatic N) is 1. The summed E-state index contributed by atoms with van der Waals surface area (Å²) in [5.41, 5.74) is 3.70. The van der Waals surface area contributed by atoms with Crippen molar-refractivity contribution in [2.45, 2.75) is 39.0 Å². The van der Waals surface area contributed by atoms with E-state index in [1.807, 2.05) is 30.9 Å². The van der Waals surface area contributed by atoms with Crippen LogP contribution in [-0.4, -0.2) is 26.8 Å². The van der Waals surface area contributed by atoms with Crippen molar-refractivity contribution in [3.05, 3.63) is 58.7 Å². The molecule has 0 saturated heterocycles. The zero-order valence-electron chi connectivity index (χ0n) is 13.5. The Morgan fingerprint density at radius 1 is 0.957 bits per heavy atom. The molecule has 0 bridgehead atoms. The van der Waals surface area contributed by atoms with Gasteiger partial charge in [-0.05, 0) is 35.1 Å². The lowest BCUT2D eigenvalue weighted by molar-refractivity contribution is -0.00934. The average molecular weight is 313 g/mol. The molecular formula is C19H23NO3. The number of hydrogen-bond donors (Lipinski definition) is 3. The quantitative estimate of drug-likeness (QED) is 0.814. The van der Waals surface area contributed by atoms with Gasteiger partial charge in [0.2, 0.25) is 0 Å². The minimum atomic E-state index is -0.888. The second-order valence-corrected chi connectivity index (χ2v) is 6.49. The Bertz CT molecular complexity index is 712. The third-order valence-electron chi connectivity index (χ3n) is 4.58. The molecule has 0 spiro atoms. The lowest BCUT2D eigenvalue weighted by atomic mass is 9.96. The van der Waals surface area contributed by atoms with Crippen molar-refractivity contribution in [1.29, 1.82) is 0 Å². The third-order valence-corrected chi connectivity index (χ3v) is 4.58. The molecule has 122 valence electrons. The van der Waals surface area contributed by atoms with Crippen LogP contribution < -0.4 is 0 Å². The van der Waals surface area contributed by atoms with Gasteiger partial charge >= 0.3 is 0 Å². The fourth-order valence-electron chi connectivity index (χ4n) is 3.20. The molecule has 3 N–H and O–H groups in total. The molecule has 0 fully saturated rings. The van der Waals surface area contributed by atoms with Crippen LogP contribution in [0.4, 0.5) is 0 Å². The molecule has 2 aromatic rings. The van der Waals surface area contributed by atoms with Gasteiger partial charge in [0.25, 0.3) is 0 Å². The summed E-state index contributed by atoms with van der Waals surface area (Å²) in [4.78, 5) is 1.94. The van der Waals surface area contributed by atoms with Crippen LogP contribution >= 0.6 is 0 Å². The highest BCUT2D eigenvalue weighted by molar-refractivity contribution is 5.47. The number of phenolic OH excluding ortho intramolecular Hbond substituents is 2. The molecule has 0 aliphatic carbocycles. The van der Waals surface area contributed by atoms with Crippen molar-refractivity contribution in [2.75, 3.05) is 6.54 Å². The summed E-state index contributed by atoms with van der Waals surface area (Å²) in [7, 11) is 0. The molecule has 23 heavy (non-hydrogen) atoms. The van der Waals surface area contributed by atoms with Gasteiger partial charge < -0.3 is 15.3 Å². The van der Waals surface area contributed by atoms with Gasteiger partial charge in [-0.15, -0.1) is 0 Å². The first-order valence-corrected chi connectivity index (χ1v) is 8.02. The van der Waals surface area contributed by atoms with E-state index in [0.29, 0.717) is 12.1 Å². The molecule has 1 unspecified atom stereocenters. The van der Waals surface area contributed by atoms with Crippen molar-refractivity contribution in [3.63, 3.8) is 0 Å². The van der Waals surface area contributed by atoms with E-state index < -0.39 is 6.23 Å². The summed E-state index contributed by atoms with van der Waals surface area (Å²) in [6, 6.07) is 11.3. The van der Waals surface area contributed by atoms with E-state index in [9.17, 15) is 15.3 Å². The normalized spacial score (nSPS) is 16.3. The Labute approximate surface area is 136 Å². The molecule has 1 heterocycles. The molecule has 0 radical (unpaired) electrons. The van der Waals surface area contributed by atoms with Crippen LogP contribution in [0, 0.1) is 0 Å². The Morgan fingerprint density at radius 2 is 1.61 bits per heavy atom. The van der Waals surface area contributed by atoms with E-state index in [0.717, 1.165) is 18.5 Å². The Balaban J connectivity index is 1.89.